The lowest BCUT2D eigenvalue weighted by molar-refractivity contribution is -0.121. The van der Waals surface area contributed by atoms with Crippen molar-refractivity contribution in [3.63, 3.8) is 0 Å². The Morgan fingerprint density at radius 2 is 1.85 bits per heavy atom. The van der Waals surface area contributed by atoms with Crippen LogP contribution < -0.4 is 11.1 Å². The largest absolute Gasteiger partial charge is 0.397 e. The number of nitrogens with one attached hydrogen (secondary N) is 1. The summed E-state index contributed by atoms with van der Waals surface area (Å²) in [7, 11) is 0. The smallest absolute Gasteiger partial charge is 0.250 e. The van der Waals surface area contributed by atoms with E-state index in [9.17, 15) is 4.79 Å². The minimum absolute atomic E-state index is 0.0182. The predicted octanol–water partition coefficient (Wildman–Crippen LogP) is 3.19. The van der Waals surface area contributed by atoms with Gasteiger partial charge in [0.25, 0.3) is 0 Å². The van der Waals surface area contributed by atoms with Gasteiger partial charge in [-0.3, -0.25) is 4.79 Å². The van der Waals surface area contributed by atoms with Gasteiger partial charge < -0.3 is 15.8 Å². The van der Waals surface area contributed by atoms with Crippen molar-refractivity contribution in [2.24, 2.45) is 0 Å². The van der Waals surface area contributed by atoms with Gasteiger partial charge in [0, 0.05) is 4.47 Å². The van der Waals surface area contributed by atoms with Gasteiger partial charge in [-0.2, -0.15) is 0 Å². The Balaban J connectivity index is 1.82. The zero-order valence-electron chi connectivity index (χ0n) is 10.8. The number of hydrogen-bond acceptors (Lipinski definition) is 3. The lowest BCUT2D eigenvalue weighted by atomic mass is 10.2. The van der Waals surface area contributed by atoms with Crippen molar-refractivity contribution in [3.05, 3.63) is 58.6 Å². The fourth-order valence-electron chi connectivity index (χ4n) is 1.67. The molecule has 0 saturated heterocycles. The number of carbonyl (C=O) groups excluding carboxylic acids is 1. The van der Waals surface area contributed by atoms with E-state index in [4.69, 9.17) is 10.5 Å². The molecule has 0 atom stereocenters. The van der Waals surface area contributed by atoms with Gasteiger partial charge in [-0.05, 0) is 23.8 Å². The summed E-state index contributed by atoms with van der Waals surface area (Å²) in [5, 5.41) is 2.71. The molecule has 0 aliphatic carbocycles. The van der Waals surface area contributed by atoms with Crippen molar-refractivity contribution in [2.75, 3.05) is 17.7 Å². The first-order chi connectivity index (χ1) is 9.66. The number of ether oxygens (including phenoxy) is 1. The fraction of sp³-hybridized carbons (Fsp3) is 0.133. The highest BCUT2D eigenvalue weighted by atomic mass is 79.9. The van der Waals surface area contributed by atoms with Crippen LogP contribution in [0.1, 0.15) is 5.56 Å². The van der Waals surface area contributed by atoms with Crippen LogP contribution in [0.5, 0.6) is 0 Å². The van der Waals surface area contributed by atoms with Crippen molar-refractivity contribution in [1.82, 2.24) is 0 Å². The van der Waals surface area contributed by atoms with Crippen molar-refractivity contribution < 1.29 is 9.53 Å². The number of hydrogen-bond donors (Lipinski definition) is 2. The van der Waals surface area contributed by atoms with Gasteiger partial charge in [-0.1, -0.05) is 46.3 Å². The van der Waals surface area contributed by atoms with Gasteiger partial charge in [0.1, 0.15) is 6.61 Å². The van der Waals surface area contributed by atoms with Crippen LogP contribution in [0.2, 0.25) is 0 Å². The second kappa shape index (κ2) is 7.07. The Kier molecular flexibility index (Phi) is 5.15. The van der Waals surface area contributed by atoms with E-state index in [1.54, 1.807) is 12.1 Å². The molecule has 0 aliphatic rings. The van der Waals surface area contributed by atoms with Gasteiger partial charge in [0.05, 0.1) is 18.0 Å². The highest BCUT2D eigenvalue weighted by Gasteiger charge is 2.05. The minimum atomic E-state index is -0.227. The number of para-hydroxylation sites is 2. The number of amides is 1. The zero-order valence-corrected chi connectivity index (χ0v) is 12.4. The third-order valence-corrected chi connectivity index (χ3v) is 3.46. The van der Waals surface area contributed by atoms with Crippen LogP contribution in [0, 0.1) is 0 Å². The summed E-state index contributed by atoms with van der Waals surface area (Å²) in [6, 6.07) is 14.8. The molecular formula is C15H15BrN2O2. The monoisotopic (exact) mass is 334 g/mol. The number of carbonyl (C=O) groups is 1. The maximum Gasteiger partial charge on any atom is 0.250 e. The Hall–Kier alpha value is -1.85. The molecule has 2 aromatic carbocycles. The van der Waals surface area contributed by atoms with E-state index < -0.39 is 0 Å². The molecule has 1 amide bonds. The molecule has 3 N–H and O–H groups in total. The van der Waals surface area contributed by atoms with Crippen LogP contribution in [-0.4, -0.2) is 12.5 Å². The first-order valence-corrected chi connectivity index (χ1v) is 6.91. The van der Waals surface area contributed by atoms with E-state index in [0.29, 0.717) is 18.0 Å². The predicted molar refractivity (Wildman–Crippen MR) is 83.3 cm³/mol. The highest BCUT2D eigenvalue weighted by molar-refractivity contribution is 9.10. The molecule has 0 saturated carbocycles. The zero-order chi connectivity index (χ0) is 14.4. The van der Waals surface area contributed by atoms with Crippen LogP contribution in [0.4, 0.5) is 11.4 Å². The Morgan fingerprint density at radius 1 is 1.15 bits per heavy atom. The quantitative estimate of drug-likeness (QED) is 0.825. The van der Waals surface area contributed by atoms with Crippen LogP contribution in [0.25, 0.3) is 0 Å². The summed E-state index contributed by atoms with van der Waals surface area (Å²) in [5.41, 5.74) is 7.88. The number of rotatable bonds is 5. The Labute approximate surface area is 126 Å². The van der Waals surface area contributed by atoms with Crippen LogP contribution in [-0.2, 0) is 16.1 Å². The molecule has 2 rings (SSSR count). The molecule has 0 aromatic heterocycles. The molecule has 4 nitrogen and oxygen atoms in total. The van der Waals surface area contributed by atoms with Crippen molar-refractivity contribution in [1.29, 1.82) is 0 Å². The average molecular weight is 335 g/mol. The molecule has 0 heterocycles. The van der Waals surface area contributed by atoms with Crippen LogP contribution >= 0.6 is 15.9 Å². The van der Waals surface area contributed by atoms with Crippen molar-refractivity contribution in [3.8, 4) is 0 Å². The standard InChI is InChI=1S/C15H15BrN2O2/c16-12-6-2-1-5-11(12)9-20-10-15(19)18-14-8-4-3-7-13(14)17/h1-8H,9-10,17H2,(H,18,19). The summed E-state index contributed by atoms with van der Waals surface area (Å²) in [5.74, 6) is -0.227. The first kappa shape index (κ1) is 14.6. The average Bonchev–Trinajstić information content (AvgIpc) is 2.43. The lowest BCUT2D eigenvalue weighted by Crippen LogP contribution is -2.19. The number of nitrogen functional groups attached to an aromatic ring is 1. The number of benzene rings is 2. The van der Waals surface area contributed by atoms with Crippen LogP contribution in [0.3, 0.4) is 0 Å². The Bertz CT molecular complexity index is 602. The fourth-order valence-corrected chi connectivity index (χ4v) is 2.07. The maximum absolute atomic E-state index is 11.7. The van der Waals surface area contributed by atoms with Crippen molar-refractivity contribution >= 4 is 33.2 Å². The number of nitrogens with two attached hydrogens (primary N) is 1. The van der Waals surface area contributed by atoms with Gasteiger partial charge >= 0.3 is 0 Å². The van der Waals surface area contributed by atoms with E-state index in [2.05, 4.69) is 21.2 Å². The molecule has 0 radical (unpaired) electrons. The summed E-state index contributed by atoms with van der Waals surface area (Å²) < 4.78 is 6.36. The molecule has 2 aromatic rings. The minimum Gasteiger partial charge on any atom is -0.397 e. The third kappa shape index (κ3) is 4.08. The van der Waals surface area contributed by atoms with Crippen LogP contribution in [0.15, 0.2) is 53.0 Å². The van der Waals surface area contributed by atoms with E-state index in [1.165, 1.54) is 0 Å². The summed E-state index contributed by atoms with van der Waals surface area (Å²) >= 11 is 3.43. The summed E-state index contributed by atoms with van der Waals surface area (Å²) in [6.45, 7) is 0.356. The molecule has 0 aliphatic heterocycles. The molecule has 0 fully saturated rings. The summed E-state index contributed by atoms with van der Waals surface area (Å²) in [6.07, 6.45) is 0. The van der Waals surface area contributed by atoms with E-state index in [1.807, 2.05) is 36.4 Å². The summed E-state index contributed by atoms with van der Waals surface area (Å²) in [4.78, 5) is 11.7. The van der Waals surface area contributed by atoms with Gasteiger partial charge in [0.15, 0.2) is 0 Å². The second-order valence-electron chi connectivity index (χ2n) is 4.22. The number of halogens is 1. The highest BCUT2D eigenvalue weighted by Crippen LogP contribution is 2.18. The third-order valence-electron chi connectivity index (χ3n) is 2.68. The van der Waals surface area contributed by atoms with Gasteiger partial charge in [-0.15, -0.1) is 0 Å². The van der Waals surface area contributed by atoms with E-state index in [0.717, 1.165) is 10.0 Å². The second-order valence-corrected chi connectivity index (χ2v) is 5.07. The first-order valence-electron chi connectivity index (χ1n) is 6.12. The molecule has 0 spiro atoms. The number of anilines is 2. The van der Waals surface area contributed by atoms with E-state index >= 15 is 0 Å². The molecule has 0 bridgehead atoms. The topological polar surface area (TPSA) is 64.3 Å². The normalized spacial score (nSPS) is 10.2. The molecular weight excluding hydrogens is 320 g/mol. The molecule has 20 heavy (non-hydrogen) atoms. The van der Waals surface area contributed by atoms with E-state index in [-0.39, 0.29) is 12.5 Å². The van der Waals surface area contributed by atoms with Gasteiger partial charge in [0.2, 0.25) is 5.91 Å². The van der Waals surface area contributed by atoms with Crippen molar-refractivity contribution in [2.45, 2.75) is 6.61 Å². The lowest BCUT2D eigenvalue weighted by Gasteiger charge is -2.09. The maximum atomic E-state index is 11.7. The van der Waals surface area contributed by atoms with Gasteiger partial charge in [-0.25, -0.2) is 0 Å². The molecule has 5 heteroatoms. The SMILES string of the molecule is Nc1ccccc1NC(=O)COCc1ccccc1Br. The molecule has 104 valence electrons. The molecule has 0 unspecified atom stereocenters. The Morgan fingerprint density at radius 3 is 2.60 bits per heavy atom.